The van der Waals surface area contributed by atoms with Crippen LogP contribution < -0.4 is 10.2 Å². The lowest BCUT2D eigenvalue weighted by molar-refractivity contribution is 0.0951. The molecule has 1 aromatic heterocycles. The maximum Gasteiger partial charge on any atom is 0.255 e. The van der Waals surface area contributed by atoms with Crippen LogP contribution in [0.3, 0.4) is 0 Å². The molecule has 2 saturated heterocycles. The molecule has 2 aliphatic heterocycles. The van der Waals surface area contributed by atoms with Crippen molar-refractivity contribution in [1.82, 2.24) is 15.2 Å². The zero-order valence-corrected chi connectivity index (χ0v) is 17.3. The number of carbonyl (C=O) groups excluding carboxylic acids is 1. The topological polar surface area (TPSA) is 48.5 Å². The second-order valence-corrected chi connectivity index (χ2v) is 8.26. The summed E-state index contributed by atoms with van der Waals surface area (Å²) in [5, 5.41) is 3.08. The van der Waals surface area contributed by atoms with Crippen LogP contribution in [0.15, 0.2) is 42.6 Å². The molecule has 0 bridgehead atoms. The van der Waals surface area contributed by atoms with Gasteiger partial charge < -0.3 is 10.2 Å². The van der Waals surface area contributed by atoms with Gasteiger partial charge in [-0.3, -0.25) is 9.69 Å². The fourth-order valence-electron chi connectivity index (χ4n) is 4.35. The van der Waals surface area contributed by atoms with Gasteiger partial charge in [-0.2, -0.15) is 0 Å². The monoisotopic (exact) mass is 392 g/mol. The molecule has 4 rings (SSSR count). The molecular weight excluding hydrogens is 360 g/mol. The quantitative estimate of drug-likeness (QED) is 0.808. The van der Waals surface area contributed by atoms with Gasteiger partial charge in [0.2, 0.25) is 0 Å². The number of piperidine rings is 2. The van der Waals surface area contributed by atoms with Crippen molar-refractivity contribution in [2.75, 3.05) is 31.1 Å². The molecule has 154 valence electrons. The molecule has 29 heavy (non-hydrogen) atoms. The summed E-state index contributed by atoms with van der Waals surface area (Å²) in [5.41, 5.74) is 3.15. The first-order valence-corrected chi connectivity index (χ1v) is 11.1. The van der Waals surface area contributed by atoms with E-state index in [0.29, 0.717) is 12.1 Å². The number of amides is 1. The molecule has 0 saturated carbocycles. The third kappa shape index (κ3) is 5.36. The maximum atomic E-state index is 12.8. The number of likely N-dealkylation sites (tertiary alicyclic amines) is 1. The van der Waals surface area contributed by atoms with E-state index < -0.39 is 0 Å². The minimum atomic E-state index is -0.0453. The Labute approximate surface area is 174 Å². The molecular formula is C24H32N4O. The molecule has 2 fully saturated rings. The average molecular weight is 393 g/mol. The molecule has 0 atom stereocenters. The van der Waals surface area contributed by atoms with Gasteiger partial charge in [0.15, 0.2) is 0 Å². The van der Waals surface area contributed by atoms with Crippen LogP contribution in [0, 0.1) is 0 Å². The first kappa shape index (κ1) is 19.9. The number of rotatable bonds is 6. The van der Waals surface area contributed by atoms with E-state index in [1.807, 2.05) is 12.1 Å². The van der Waals surface area contributed by atoms with Crippen molar-refractivity contribution < 1.29 is 4.79 Å². The molecule has 3 heterocycles. The van der Waals surface area contributed by atoms with E-state index in [1.165, 1.54) is 57.2 Å². The molecule has 5 heteroatoms. The normalized spacial score (nSPS) is 17.9. The van der Waals surface area contributed by atoms with Crippen LogP contribution >= 0.6 is 0 Å². The second kappa shape index (κ2) is 9.88. The third-order valence-corrected chi connectivity index (χ3v) is 6.02. The lowest BCUT2D eigenvalue weighted by atomic mass is 10.1. The number of nitrogens with one attached hydrogen (secondary N) is 1. The Morgan fingerprint density at radius 1 is 0.862 bits per heavy atom. The van der Waals surface area contributed by atoms with Crippen LogP contribution in [-0.4, -0.2) is 42.0 Å². The van der Waals surface area contributed by atoms with E-state index in [9.17, 15) is 4.79 Å². The Bertz CT molecular complexity index is 793. The number of aromatic nitrogens is 1. The lowest BCUT2D eigenvalue weighted by Gasteiger charge is -2.29. The van der Waals surface area contributed by atoms with E-state index in [4.69, 9.17) is 0 Å². The van der Waals surface area contributed by atoms with E-state index in [0.717, 1.165) is 31.0 Å². The number of nitrogens with zero attached hydrogens (tertiary/aromatic N) is 3. The summed E-state index contributed by atoms with van der Waals surface area (Å²) < 4.78 is 0. The van der Waals surface area contributed by atoms with Gasteiger partial charge in [0.1, 0.15) is 5.82 Å². The molecule has 0 unspecified atom stereocenters. The predicted molar refractivity (Wildman–Crippen MR) is 117 cm³/mol. The van der Waals surface area contributed by atoms with E-state index in [-0.39, 0.29) is 5.91 Å². The van der Waals surface area contributed by atoms with Crippen LogP contribution in [-0.2, 0) is 13.1 Å². The minimum Gasteiger partial charge on any atom is -0.356 e. The predicted octanol–water partition coefficient (Wildman–Crippen LogP) is 3.99. The molecule has 2 aliphatic rings. The van der Waals surface area contributed by atoms with Crippen molar-refractivity contribution >= 4 is 11.7 Å². The zero-order chi connectivity index (χ0) is 19.9. The SMILES string of the molecule is O=C(NCc1ccc(CN2CCCCC2)cc1)c1cccnc1N1CCCCC1. The first-order chi connectivity index (χ1) is 14.3. The molecule has 1 amide bonds. The van der Waals surface area contributed by atoms with Crippen LogP contribution in [0.5, 0.6) is 0 Å². The summed E-state index contributed by atoms with van der Waals surface area (Å²) in [4.78, 5) is 22.1. The van der Waals surface area contributed by atoms with Gasteiger partial charge in [-0.25, -0.2) is 4.98 Å². The van der Waals surface area contributed by atoms with Crippen molar-refractivity contribution in [3.63, 3.8) is 0 Å². The number of pyridine rings is 1. The summed E-state index contributed by atoms with van der Waals surface area (Å²) in [5.74, 6) is 0.776. The molecule has 0 spiro atoms. The highest BCUT2D eigenvalue weighted by atomic mass is 16.1. The van der Waals surface area contributed by atoms with Gasteiger partial charge in [0.05, 0.1) is 5.56 Å². The second-order valence-electron chi connectivity index (χ2n) is 8.26. The Balaban J connectivity index is 1.33. The summed E-state index contributed by atoms with van der Waals surface area (Å²) in [6, 6.07) is 12.4. The number of hydrogen-bond donors (Lipinski definition) is 1. The van der Waals surface area contributed by atoms with Crippen molar-refractivity contribution in [3.8, 4) is 0 Å². The smallest absolute Gasteiger partial charge is 0.255 e. The molecule has 1 N–H and O–H groups in total. The molecule has 5 nitrogen and oxygen atoms in total. The molecule has 0 radical (unpaired) electrons. The highest BCUT2D eigenvalue weighted by Gasteiger charge is 2.19. The van der Waals surface area contributed by atoms with Crippen LogP contribution in [0.25, 0.3) is 0 Å². The fraction of sp³-hybridized carbons (Fsp3) is 0.500. The molecule has 0 aliphatic carbocycles. The summed E-state index contributed by atoms with van der Waals surface area (Å²) in [6.07, 6.45) is 9.38. The van der Waals surface area contributed by atoms with Crippen LogP contribution in [0.2, 0.25) is 0 Å². The third-order valence-electron chi connectivity index (χ3n) is 6.02. The van der Waals surface area contributed by atoms with Gasteiger partial charge in [-0.05, 0) is 68.5 Å². The van der Waals surface area contributed by atoms with Crippen molar-refractivity contribution in [3.05, 3.63) is 59.3 Å². The number of benzene rings is 1. The lowest BCUT2D eigenvalue weighted by Crippen LogP contribution is -2.33. The van der Waals surface area contributed by atoms with Crippen molar-refractivity contribution in [1.29, 1.82) is 0 Å². The highest BCUT2D eigenvalue weighted by molar-refractivity contribution is 5.98. The number of anilines is 1. The van der Waals surface area contributed by atoms with Gasteiger partial charge in [-0.1, -0.05) is 30.7 Å². The zero-order valence-electron chi connectivity index (χ0n) is 17.3. The van der Waals surface area contributed by atoms with E-state index >= 15 is 0 Å². The highest BCUT2D eigenvalue weighted by Crippen LogP contribution is 2.21. The van der Waals surface area contributed by atoms with E-state index in [1.54, 1.807) is 6.20 Å². The Hall–Kier alpha value is -2.40. The molecule has 2 aromatic rings. The Morgan fingerprint density at radius 2 is 1.52 bits per heavy atom. The minimum absolute atomic E-state index is 0.0453. The molecule has 1 aromatic carbocycles. The average Bonchev–Trinajstić information content (AvgIpc) is 2.80. The fourth-order valence-corrected chi connectivity index (χ4v) is 4.35. The van der Waals surface area contributed by atoms with Crippen LogP contribution in [0.4, 0.5) is 5.82 Å². The van der Waals surface area contributed by atoms with Gasteiger partial charge in [0.25, 0.3) is 5.91 Å². The maximum absolute atomic E-state index is 12.8. The Morgan fingerprint density at radius 3 is 2.24 bits per heavy atom. The summed E-state index contributed by atoms with van der Waals surface area (Å²) in [6.45, 7) is 5.95. The number of carbonyl (C=O) groups is 1. The van der Waals surface area contributed by atoms with Crippen molar-refractivity contribution in [2.24, 2.45) is 0 Å². The summed E-state index contributed by atoms with van der Waals surface area (Å²) >= 11 is 0. The number of hydrogen-bond acceptors (Lipinski definition) is 4. The van der Waals surface area contributed by atoms with Gasteiger partial charge in [-0.15, -0.1) is 0 Å². The van der Waals surface area contributed by atoms with Crippen LogP contribution in [0.1, 0.15) is 60.0 Å². The standard InChI is InChI=1S/C24H32N4O/c29-24(22-8-7-13-25-23(22)28-16-5-2-6-17-28)26-18-20-9-11-21(12-10-20)19-27-14-3-1-4-15-27/h7-13H,1-6,14-19H2,(H,26,29). The van der Waals surface area contributed by atoms with Gasteiger partial charge in [0, 0.05) is 32.4 Å². The van der Waals surface area contributed by atoms with Crippen molar-refractivity contribution in [2.45, 2.75) is 51.6 Å². The van der Waals surface area contributed by atoms with E-state index in [2.05, 4.69) is 44.4 Å². The largest absolute Gasteiger partial charge is 0.356 e. The first-order valence-electron chi connectivity index (χ1n) is 11.1. The Kier molecular flexibility index (Phi) is 6.78. The summed E-state index contributed by atoms with van der Waals surface area (Å²) in [7, 11) is 0. The van der Waals surface area contributed by atoms with Gasteiger partial charge >= 0.3 is 0 Å².